The zero-order valence-electron chi connectivity index (χ0n) is 12.7. The topological polar surface area (TPSA) is 38.3 Å². The van der Waals surface area contributed by atoms with Gasteiger partial charge in [0.1, 0.15) is 0 Å². The van der Waals surface area contributed by atoms with Crippen LogP contribution in [0.15, 0.2) is 53.4 Å². The maximum Gasteiger partial charge on any atom is 0.408 e. The van der Waals surface area contributed by atoms with Gasteiger partial charge in [-0.25, -0.2) is 4.79 Å². The van der Waals surface area contributed by atoms with Crippen molar-refractivity contribution >= 4 is 17.9 Å². The number of carbonyl (C=O) groups excluding carboxylic acids is 1. The molecule has 1 aliphatic heterocycles. The molecule has 0 aromatic heterocycles. The van der Waals surface area contributed by atoms with E-state index in [0.29, 0.717) is 0 Å². The van der Waals surface area contributed by atoms with Crippen LogP contribution in [-0.2, 0) is 10.5 Å². The van der Waals surface area contributed by atoms with E-state index in [9.17, 15) is 4.79 Å². The maximum absolute atomic E-state index is 12.1. The normalized spacial score (nSPS) is 16.4. The Morgan fingerprint density at radius 2 is 1.82 bits per heavy atom. The molecule has 1 heterocycles. The Kier molecular flexibility index (Phi) is 4.39. The maximum atomic E-state index is 12.1. The van der Waals surface area contributed by atoms with Crippen LogP contribution in [0.25, 0.3) is 0 Å². The number of nitrogens with one attached hydrogen (secondary N) is 1. The number of fused-ring (bicyclic) bond motifs is 2. The highest BCUT2D eigenvalue weighted by Gasteiger charge is 2.25. The van der Waals surface area contributed by atoms with Gasteiger partial charge in [0.15, 0.2) is 0 Å². The van der Waals surface area contributed by atoms with E-state index in [-0.39, 0.29) is 18.2 Å². The second-order valence-electron chi connectivity index (χ2n) is 5.56. The Morgan fingerprint density at radius 3 is 2.59 bits per heavy atom. The average molecular weight is 313 g/mol. The van der Waals surface area contributed by atoms with Crippen LogP contribution >= 0.6 is 11.8 Å². The van der Waals surface area contributed by atoms with Gasteiger partial charge >= 0.3 is 6.09 Å². The molecule has 114 valence electrons. The molecule has 4 heteroatoms. The van der Waals surface area contributed by atoms with E-state index >= 15 is 0 Å². The van der Waals surface area contributed by atoms with Crippen molar-refractivity contribution in [2.45, 2.75) is 36.6 Å². The number of rotatable bonds is 2. The van der Waals surface area contributed by atoms with Crippen molar-refractivity contribution in [3.8, 4) is 0 Å². The second-order valence-corrected chi connectivity index (χ2v) is 6.57. The summed E-state index contributed by atoms with van der Waals surface area (Å²) in [5.41, 5.74) is 3.51. The van der Waals surface area contributed by atoms with Gasteiger partial charge < -0.3 is 10.1 Å². The van der Waals surface area contributed by atoms with Crippen LogP contribution in [0, 0.1) is 0 Å². The molecule has 0 saturated carbocycles. The first kappa shape index (κ1) is 15.0. The van der Waals surface area contributed by atoms with E-state index in [2.05, 4.69) is 29.6 Å². The summed E-state index contributed by atoms with van der Waals surface area (Å²) in [6.45, 7) is 3.70. The summed E-state index contributed by atoms with van der Waals surface area (Å²) >= 11 is 1.80. The smallest absolute Gasteiger partial charge is 0.408 e. The summed E-state index contributed by atoms with van der Waals surface area (Å²) in [5, 5.41) is 3.03. The van der Waals surface area contributed by atoms with Gasteiger partial charge in [-0.3, -0.25) is 0 Å². The zero-order valence-corrected chi connectivity index (χ0v) is 13.5. The molecule has 2 aromatic carbocycles. The molecule has 0 radical (unpaired) electrons. The largest absolute Gasteiger partial charge is 0.447 e. The van der Waals surface area contributed by atoms with Gasteiger partial charge in [0, 0.05) is 10.6 Å². The second kappa shape index (κ2) is 6.44. The molecule has 22 heavy (non-hydrogen) atoms. The third-order valence-corrected chi connectivity index (χ3v) is 4.72. The lowest BCUT2D eigenvalue weighted by atomic mass is 9.95. The van der Waals surface area contributed by atoms with Crippen LogP contribution in [0.3, 0.4) is 0 Å². The quantitative estimate of drug-likeness (QED) is 0.886. The van der Waals surface area contributed by atoms with E-state index < -0.39 is 0 Å². The van der Waals surface area contributed by atoms with Crippen LogP contribution in [0.4, 0.5) is 4.79 Å². The fourth-order valence-electron chi connectivity index (χ4n) is 2.64. The highest BCUT2D eigenvalue weighted by molar-refractivity contribution is 7.98. The van der Waals surface area contributed by atoms with E-state index in [0.717, 1.165) is 16.9 Å². The monoisotopic (exact) mass is 313 g/mol. The number of amides is 1. The standard InChI is InChI=1S/C18H19NO2S/c1-12(2)21-18(20)19-17-14-8-4-3-7-13(14)11-22-16-10-6-5-9-15(16)17/h3-10,12,17H,11H2,1-2H3,(H,19,20)/t17-/m1/s1. The summed E-state index contributed by atoms with van der Waals surface area (Å²) in [4.78, 5) is 13.3. The molecule has 1 amide bonds. The van der Waals surface area contributed by atoms with Crippen molar-refractivity contribution in [3.63, 3.8) is 0 Å². The number of hydrogen-bond donors (Lipinski definition) is 1. The minimum absolute atomic E-state index is 0.134. The van der Waals surface area contributed by atoms with Gasteiger partial charge in [0.05, 0.1) is 12.1 Å². The molecule has 1 N–H and O–H groups in total. The predicted octanol–water partition coefficient (Wildman–Crippen LogP) is 4.52. The van der Waals surface area contributed by atoms with Gasteiger partial charge in [0.2, 0.25) is 0 Å². The van der Waals surface area contributed by atoms with Gasteiger partial charge in [0.25, 0.3) is 0 Å². The molecule has 0 unspecified atom stereocenters. The fraction of sp³-hybridized carbons (Fsp3) is 0.278. The molecule has 0 saturated heterocycles. The number of thioether (sulfide) groups is 1. The molecule has 3 rings (SSSR count). The summed E-state index contributed by atoms with van der Waals surface area (Å²) in [6.07, 6.45) is -0.512. The Hall–Kier alpha value is -1.94. The lowest BCUT2D eigenvalue weighted by Gasteiger charge is -2.21. The van der Waals surface area contributed by atoms with E-state index in [1.807, 2.05) is 38.1 Å². The van der Waals surface area contributed by atoms with E-state index in [4.69, 9.17) is 4.74 Å². The zero-order chi connectivity index (χ0) is 15.5. The summed E-state index contributed by atoms with van der Waals surface area (Å²) in [7, 11) is 0. The molecule has 0 aliphatic carbocycles. The van der Waals surface area contributed by atoms with Gasteiger partial charge in [-0.15, -0.1) is 11.8 Å². The minimum atomic E-state index is -0.378. The molecule has 0 spiro atoms. The predicted molar refractivity (Wildman–Crippen MR) is 89.0 cm³/mol. The van der Waals surface area contributed by atoms with Crippen molar-refractivity contribution in [3.05, 3.63) is 65.2 Å². The van der Waals surface area contributed by atoms with Crippen molar-refractivity contribution < 1.29 is 9.53 Å². The summed E-state index contributed by atoms with van der Waals surface area (Å²) in [6, 6.07) is 16.3. The third kappa shape index (κ3) is 3.12. The molecule has 0 fully saturated rings. The molecule has 2 aromatic rings. The number of ether oxygens (including phenoxy) is 1. The Labute approximate surface area is 135 Å². The van der Waals surface area contributed by atoms with Crippen molar-refractivity contribution in [2.24, 2.45) is 0 Å². The third-order valence-electron chi connectivity index (χ3n) is 3.58. The lowest BCUT2D eigenvalue weighted by molar-refractivity contribution is 0.113. The highest BCUT2D eigenvalue weighted by Crippen LogP contribution is 2.39. The number of hydrogen-bond acceptors (Lipinski definition) is 3. The lowest BCUT2D eigenvalue weighted by Crippen LogP contribution is -2.32. The molecular weight excluding hydrogens is 294 g/mol. The molecule has 3 nitrogen and oxygen atoms in total. The number of benzene rings is 2. The minimum Gasteiger partial charge on any atom is -0.447 e. The number of carbonyl (C=O) groups is 1. The first-order valence-corrected chi connectivity index (χ1v) is 8.40. The van der Waals surface area contributed by atoms with Crippen molar-refractivity contribution in [1.29, 1.82) is 0 Å². The van der Waals surface area contributed by atoms with Crippen molar-refractivity contribution in [1.82, 2.24) is 5.32 Å². The van der Waals surface area contributed by atoms with E-state index in [1.165, 1.54) is 10.5 Å². The summed E-state index contributed by atoms with van der Waals surface area (Å²) < 4.78 is 5.27. The number of alkyl carbamates (subject to hydrolysis) is 1. The Bertz CT molecular complexity index is 637. The van der Waals surface area contributed by atoms with E-state index in [1.54, 1.807) is 11.8 Å². The van der Waals surface area contributed by atoms with Crippen LogP contribution in [0.1, 0.15) is 36.6 Å². The first-order chi connectivity index (χ1) is 10.6. The van der Waals surface area contributed by atoms with Crippen LogP contribution in [-0.4, -0.2) is 12.2 Å². The van der Waals surface area contributed by atoms with Crippen LogP contribution < -0.4 is 5.32 Å². The summed E-state index contributed by atoms with van der Waals surface area (Å²) in [5.74, 6) is 0.907. The Balaban J connectivity index is 2.00. The SMILES string of the molecule is CC(C)OC(=O)N[C@@H]1c2ccccc2CSc2ccccc21. The Morgan fingerprint density at radius 1 is 1.14 bits per heavy atom. The highest BCUT2D eigenvalue weighted by atomic mass is 32.2. The van der Waals surface area contributed by atoms with Crippen LogP contribution in [0.5, 0.6) is 0 Å². The molecule has 0 bridgehead atoms. The fourth-order valence-corrected chi connectivity index (χ4v) is 3.74. The van der Waals surface area contributed by atoms with Gasteiger partial charge in [-0.1, -0.05) is 42.5 Å². The molecule has 1 aliphatic rings. The van der Waals surface area contributed by atoms with Crippen molar-refractivity contribution in [2.75, 3.05) is 0 Å². The molecular formula is C18H19NO2S. The first-order valence-electron chi connectivity index (χ1n) is 7.42. The average Bonchev–Trinajstić information content (AvgIpc) is 2.65. The van der Waals surface area contributed by atoms with Crippen LogP contribution in [0.2, 0.25) is 0 Å². The van der Waals surface area contributed by atoms with Gasteiger partial charge in [-0.2, -0.15) is 0 Å². The molecule has 1 atom stereocenters. The van der Waals surface area contributed by atoms with Gasteiger partial charge in [-0.05, 0) is 36.6 Å².